The molecule has 0 aliphatic rings. The summed E-state index contributed by atoms with van der Waals surface area (Å²) in [6.07, 6.45) is 0.297. The SMILES string of the molecule is CCCS(=O)(=O)c1c(F)cc(N)cc1F. The topological polar surface area (TPSA) is 60.2 Å². The predicted octanol–water partition coefficient (Wildman–Crippen LogP) is 1.73. The normalized spacial score (nSPS) is 11.7. The first-order chi connectivity index (χ1) is 6.88. The second-order valence-electron chi connectivity index (χ2n) is 3.13. The van der Waals surface area contributed by atoms with Gasteiger partial charge in [-0.05, 0) is 18.6 Å². The molecule has 1 aromatic carbocycles. The van der Waals surface area contributed by atoms with Crippen molar-refractivity contribution in [2.24, 2.45) is 0 Å². The third kappa shape index (κ3) is 2.44. The highest BCUT2D eigenvalue weighted by atomic mass is 32.2. The Kier molecular flexibility index (Phi) is 3.28. The Balaban J connectivity index is 3.38. The van der Waals surface area contributed by atoms with E-state index in [0.29, 0.717) is 6.42 Å². The zero-order valence-electron chi connectivity index (χ0n) is 8.13. The molecule has 3 nitrogen and oxygen atoms in total. The number of hydrogen-bond acceptors (Lipinski definition) is 3. The molecule has 0 fully saturated rings. The number of benzene rings is 1. The van der Waals surface area contributed by atoms with Gasteiger partial charge in [-0.2, -0.15) is 0 Å². The molecule has 84 valence electrons. The van der Waals surface area contributed by atoms with Gasteiger partial charge in [-0.3, -0.25) is 0 Å². The lowest BCUT2D eigenvalue weighted by Gasteiger charge is -2.06. The maximum absolute atomic E-state index is 13.2. The van der Waals surface area contributed by atoms with Crippen LogP contribution in [0.1, 0.15) is 13.3 Å². The van der Waals surface area contributed by atoms with E-state index >= 15 is 0 Å². The van der Waals surface area contributed by atoms with Crippen molar-refractivity contribution < 1.29 is 17.2 Å². The van der Waals surface area contributed by atoms with Crippen molar-refractivity contribution in [2.75, 3.05) is 11.5 Å². The Bertz CT molecular complexity index is 448. The first-order valence-corrected chi connectivity index (χ1v) is 6.01. The zero-order valence-corrected chi connectivity index (χ0v) is 8.94. The molecule has 0 spiro atoms. The summed E-state index contributed by atoms with van der Waals surface area (Å²) in [6, 6.07) is 1.59. The van der Waals surface area contributed by atoms with Crippen molar-refractivity contribution in [3.05, 3.63) is 23.8 Å². The lowest BCUT2D eigenvalue weighted by molar-refractivity contribution is 0.520. The molecule has 15 heavy (non-hydrogen) atoms. The van der Waals surface area contributed by atoms with E-state index in [0.717, 1.165) is 12.1 Å². The summed E-state index contributed by atoms with van der Waals surface area (Å²) in [7, 11) is -3.89. The summed E-state index contributed by atoms with van der Waals surface area (Å²) >= 11 is 0. The van der Waals surface area contributed by atoms with E-state index in [1.165, 1.54) is 0 Å². The van der Waals surface area contributed by atoms with Crippen LogP contribution in [-0.2, 0) is 9.84 Å². The number of nitrogens with two attached hydrogens (primary N) is 1. The first-order valence-electron chi connectivity index (χ1n) is 4.35. The fourth-order valence-electron chi connectivity index (χ4n) is 1.25. The molecule has 0 aliphatic carbocycles. The van der Waals surface area contributed by atoms with Crippen LogP contribution >= 0.6 is 0 Å². The van der Waals surface area contributed by atoms with Crippen LogP contribution in [0.5, 0.6) is 0 Å². The molecule has 1 rings (SSSR count). The van der Waals surface area contributed by atoms with E-state index in [-0.39, 0.29) is 11.4 Å². The van der Waals surface area contributed by atoms with Gasteiger partial charge in [0.25, 0.3) is 0 Å². The molecule has 0 amide bonds. The zero-order chi connectivity index (χ0) is 11.6. The summed E-state index contributed by atoms with van der Waals surface area (Å²) in [5.41, 5.74) is 5.03. The second-order valence-corrected chi connectivity index (χ2v) is 5.18. The number of hydrogen-bond donors (Lipinski definition) is 1. The standard InChI is InChI=1S/C9H11F2NO2S/c1-2-3-15(13,14)9-7(10)4-6(12)5-8(9)11/h4-5H,2-3,12H2,1H3. The van der Waals surface area contributed by atoms with Crippen LogP contribution in [0.15, 0.2) is 17.0 Å². The molecule has 6 heteroatoms. The van der Waals surface area contributed by atoms with Crippen LogP contribution in [-0.4, -0.2) is 14.2 Å². The molecule has 0 saturated carbocycles. The highest BCUT2D eigenvalue weighted by molar-refractivity contribution is 7.91. The molecule has 0 aliphatic heterocycles. The van der Waals surface area contributed by atoms with Crippen LogP contribution < -0.4 is 5.73 Å². The average molecular weight is 235 g/mol. The molecule has 2 N–H and O–H groups in total. The fraction of sp³-hybridized carbons (Fsp3) is 0.333. The molecule has 0 bridgehead atoms. The van der Waals surface area contributed by atoms with Gasteiger partial charge in [0.05, 0.1) is 5.75 Å². The van der Waals surface area contributed by atoms with Crippen molar-refractivity contribution in [3.63, 3.8) is 0 Å². The van der Waals surface area contributed by atoms with Crippen LogP contribution in [0.25, 0.3) is 0 Å². The van der Waals surface area contributed by atoms with Gasteiger partial charge in [0, 0.05) is 5.69 Å². The smallest absolute Gasteiger partial charge is 0.184 e. The van der Waals surface area contributed by atoms with Gasteiger partial charge in [-0.1, -0.05) is 6.92 Å². The molecule has 0 unspecified atom stereocenters. The van der Waals surface area contributed by atoms with E-state index in [1.807, 2.05) is 0 Å². The third-order valence-electron chi connectivity index (χ3n) is 1.80. The molecular weight excluding hydrogens is 224 g/mol. The molecule has 0 heterocycles. The minimum atomic E-state index is -3.89. The van der Waals surface area contributed by atoms with Crippen molar-refractivity contribution in [3.8, 4) is 0 Å². The lowest BCUT2D eigenvalue weighted by Crippen LogP contribution is -2.11. The van der Waals surface area contributed by atoms with Crippen molar-refractivity contribution in [2.45, 2.75) is 18.2 Å². The van der Waals surface area contributed by atoms with E-state index in [1.54, 1.807) is 6.92 Å². The van der Waals surface area contributed by atoms with Gasteiger partial charge < -0.3 is 5.73 Å². The lowest BCUT2D eigenvalue weighted by atomic mass is 10.3. The molecule has 1 aromatic rings. The van der Waals surface area contributed by atoms with E-state index < -0.39 is 26.4 Å². The largest absolute Gasteiger partial charge is 0.399 e. The molecule has 0 atom stereocenters. The third-order valence-corrected chi connectivity index (χ3v) is 3.76. The Morgan fingerprint density at radius 3 is 2.13 bits per heavy atom. The maximum Gasteiger partial charge on any atom is 0.184 e. The number of nitrogen functional groups attached to an aromatic ring is 1. The van der Waals surface area contributed by atoms with E-state index in [9.17, 15) is 17.2 Å². The summed E-state index contributed by atoms with van der Waals surface area (Å²) in [5.74, 6) is -2.56. The Labute approximate surface area is 86.8 Å². The number of sulfone groups is 1. The number of anilines is 1. The Morgan fingerprint density at radius 2 is 1.73 bits per heavy atom. The second kappa shape index (κ2) is 4.14. The van der Waals surface area contributed by atoms with Gasteiger partial charge in [-0.15, -0.1) is 0 Å². The van der Waals surface area contributed by atoms with Crippen LogP contribution in [0.4, 0.5) is 14.5 Å². The molecule has 0 saturated heterocycles. The molecule has 0 aromatic heterocycles. The highest BCUT2D eigenvalue weighted by Crippen LogP contribution is 2.23. The Morgan fingerprint density at radius 1 is 1.27 bits per heavy atom. The number of rotatable bonds is 3. The van der Waals surface area contributed by atoms with Crippen molar-refractivity contribution in [1.82, 2.24) is 0 Å². The quantitative estimate of drug-likeness (QED) is 0.811. The van der Waals surface area contributed by atoms with Crippen molar-refractivity contribution >= 4 is 15.5 Å². The van der Waals surface area contributed by atoms with Crippen LogP contribution in [0, 0.1) is 11.6 Å². The first kappa shape index (κ1) is 11.9. The maximum atomic E-state index is 13.2. The van der Waals surface area contributed by atoms with Crippen molar-refractivity contribution in [1.29, 1.82) is 0 Å². The summed E-state index contributed by atoms with van der Waals surface area (Å²) in [6.45, 7) is 1.62. The molecule has 0 radical (unpaired) electrons. The van der Waals surface area contributed by atoms with Crippen LogP contribution in [0.2, 0.25) is 0 Å². The number of halogens is 2. The average Bonchev–Trinajstić information content (AvgIpc) is 1.99. The van der Waals surface area contributed by atoms with Gasteiger partial charge in [0.15, 0.2) is 9.84 Å². The predicted molar refractivity (Wildman–Crippen MR) is 53.1 cm³/mol. The summed E-state index contributed by atoms with van der Waals surface area (Å²) in [5, 5.41) is 0. The fourth-order valence-corrected chi connectivity index (χ4v) is 2.70. The minimum Gasteiger partial charge on any atom is -0.399 e. The van der Waals surface area contributed by atoms with E-state index in [4.69, 9.17) is 5.73 Å². The van der Waals surface area contributed by atoms with E-state index in [2.05, 4.69) is 0 Å². The highest BCUT2D eigenvalue weighted by Gasteiger charge is 2.23. The van der Waals surface area contributed by atoms with Crippen LogP contribution in [0.3, 0.4) is 0 Å². The monoisotopic (exact) mass is 235 g/mol. The Hall–Kier alpha value is -1.17. The van der Waals surface area contributed by atoms with Gasteiger partial charge in [-0.25, -0.2) is 17.2 Å². The summed E-state index contributed by atoms with van der Waals surface area (Å²) in [4.78, 5) is -0.890. The summed E-state index contributed by atoms with van der Waals surface area (Å²) < 4.78 is 49.4. The minimum absolute atomic E-state index is 0.138. The van der Waals surface area contributed by atoms with Gasteiger partial charge in [0.1, 0.15) is 16.5 Å². The van der Waals surface area contributed by atoms with Gasteiger partial charge >= 0.3 is 0 Å². The molecular formula is C9H11F2NO2S. The van der Waals surface area contributed by atoms with Gasteiger partial charge in [0.2, 0.25) is 0 Å².